The molecule has 20 heavy (non-hydrogen) atoms. The van der Waals surface area contributed by atoms with Crippen LogP contribution >= 0.6 is 46.4 Å². The molecule has 0 aromatic heterocycles. The number of anilines is 2. The summed E-state index contributed by atoms with van der Waals surface area (Å²) in [5.74, 6) is 0. The largest absolute Gasteiger partial charge is 0.383 e. The van der Waals surface area contributed by atoms with E-state index in [1.165, 1.54) is 0 Å². The van der Waals surface area contributed by atoms with Gasteiger partial charge >= 0.3 is 0 Å². The molecular formula is C14H12Cl4N2. The van der Waals surface area contributed by atoms with Gasteiger partial charge in [0.15, 0.2) is 0 Å². The van der Waals surface area contributed by atoms with E-state index >= 15 is 0 Å². The molecule has 0 spiro atoms. The first kappa shape index (κ1) is 15.6. The maximum Gasteiger partial charge on any atom is 0.0638 e. The third-order valence-electron chi connectivity index (χ3n) is 2.56. The molecule has 0 aliphatic heterocycles. The summed E-state index contributed by atoms with van der Waals surface area (Å²) in [5, 5.41) is 8.92. The zero-order valence-electron chi connectivity index (χ0n) is 10.4. The molecular weight excluding hydrogens is 338 g/mol. The summed E-state index contributed by atoms with van der Waals surface area (Å²) in [6.45, 7) is 1.38. The number of rotatable bonds is 5. The highest BCUT2D eigenvalue weighted by Crippen LogP contribution is 2.25. The lowest BCUT2D eigenvalue weighted by Gasteiger charge is -2.11. The molecule has 0 fully saturated rings. The van der Waals surface area contributed by atoms with Crippen LogP contribution in [0.4, 0.5) is 11.4 Å². The minimum absolute atomic E-state index is 0.603. The average molecular weight is 350 g/mol. The molecule has 2 N–H and O–H groups in total. The van der Waals surface area contributed by atoms with Gasteiger partial charge in [0.2, 0.25) is 0 Å². The van der Waals surface area contributed by atoms with Crippen LogP contribution in [0, 0.1) is 0 Å². The normalized spacial score (nSPS) is 10.4. The summed E-state index contributed by atoms with van der Waals surface area (Å²) in [6, 6.07) is 10.6. The van der Waals surface area contributed by atoms with Crippen molar-refractivity contribution in [2.24, 2.45) is 0 Å². The maximum absolute atomic E-state index is 6.06. The van der Waals surface area contributed by atoms with Gasteiger partial charge in [0.1, 0.15) is 0 Å². The summed E-state index contributed by atoms with van der Waals surface area (Å²) in [4.78, 5) is 0. The molecule has 0 bridgehead atoms. The van der Waals surface area contributed by atoms with Gasteiger partial charge < -0.3 is 10.6 Å². The minimum Gasteiger partial charge on any atom is -0.383 e. The van der Waals surface area contributed by atoms with E-state index in [-0.39, 0.29) is 0 Å². The topological polar surface area (TPSA) is 24.1 Å². The lowest BCUT2D eigenvalue weighted by Crippen LogP contribution is -2.13. The second kappa shape index (κ2) is 7.28. The summed E-state index contributed by atoms with van der Waals surface area (Å²) in [5.41, 5.74) is 1.69. The molecule has 0 radical (unpaired) electrons. The Labute approximate surface area is 138 Å². The highest BCUT2D eigenvalue weighted by molar-refractivity contribution is 6.35. The van der Waals surface area contributed by atoms with Crippen molar-refractivity contribution in [3.63, 3.8) is 0 Å². The Bertz CT molecular complexity index is 581. The third kappa shape index (κ3) is 4.64. The third-order valence-corrected chi connectivity index (χ3v) is 3.56. The van der Waals surface area contributed by atoms with Crippen LogP contribution in [-0.4, -0.2) is 13.1 Å². The fraction of sp³-hybridized carbons (Fsp3) is 0.143. The number of benzene rings is 2. The van der Waals surface area contributed by atoms with E-state index in [9.17, 15) is 0 Å². The van der Waals surface area contributed by atoms with Crippen molar-refractivity contribution >= 4 is 57.8 Å². The van der Waals surface area contributed by atoms with E-state index in [4.69, 9.17) is 46.4 Å². The highest BCUT2D eigenvalue weighted by Gasteiger charge is 2.01. The van der Waals surface area contributed by atoms with Gasteiger partial charge in [-0.15, -0.1) is 0 Å². The molecule has 0 unspecified atom stereocenters. The highest BCUT2D eigenvalue weighted by atomic mass is 35.5. The van der Waals surface area contributed by atoms with Crippen LogP contribution in [-0.2, 0) is 0 Å². The Morgan fingerprint density at radius 2 is 1.35 bits per heavy atom. The van der Waals surface area contributed by atoms with Gasteiger partial charge in [-0.05, 0) is 36.4 Å². The van der Waals surface area contributed by atoms with Crippen LogP contribution in [0.5, 0.6) is 0 Å². The molecule has 6 heteroatoms. The van der Waals surface area contributed by atoms with Crippen molar-refractivity contribution in [2.75, 3.05) is 23.7 Å². The van der Waals surface area contributed by atoms with Crippen molar-refractivity contribution in [3.05, 3.63) is 56.5 Å². The molecule has 0 saturated carbocycles. The molecule has 0 amide bonds. The number of hydrogen-bond acceptors (Lipinski definition) is 2. The Balaban J connectivity index is 1.86. The van der Waals surface area contributed by atoms with Gasteiger partial charge in [-0.1, -0.05) is 46.4 Å². The van der Waals surface area contributed by atoms with Crippen molar-refractivity contribution < 1.29 is 0 Å². The van der Waals surface area contributed by atoms with Crippen LogP contribution in [0.2, 0.25) is 20.1 Å². The lowest BCUT2D eigenvalue weighted by atomic mass is 10.3. The van der Waals surface area contributed by atoms with Gasteiger partial charge in [0.25, 0.3) is 0 Å². The quantitative estimate of drug-likeness (QED) is 0.664. The van der Waals surface area contributed by atoms with E-state index < -0.39 is 0 Å². The number of nitrogens with one attached hydrogen (secondary N) is 2. The molecule has 2 aromatic carbocycles. The smallest absolute Gasteiger partial charge is 0.0638 e. The fourth-order valence-corrected chi connectivity index (χ4v) is 2.58. The summed E-state index contributed by atoms with van der Waals surface area (Å²) in [7, 11) is 0. The van der Waals surface area contributed by atoms with Crippen LogP contribution < -0.4 is 10.6 Å². The first-order chi connectivity index (χ1) is 9.54. The predicted molar refractivity (Wildman–Crippen MR) is 89.9 cm³/mol. The first-order valence-electron chi connectivity index (χ1n) is 5.93. The zero-order valence-corrected chi connectivity index (χ0v) is 13.4. The second-order valence-corrected chi connectivity index (χ2v) is 5.85. The zero-order chi connectivity index (χ0) is 14.5. The maximum atomic E-state index is 6.06. The van der Waals surface area contributed by atoms with Gasteiger partial charge in [0.05, 0.1) is 10.7 Å². The molecule has 106 valence electrons. The van der Waals surface area contributed by atoms with Crippen molar-refractivity contribution in [1.82, 2.24) is 0 Å². The predicted octanol–water partition coefficient (Wildman–Crippen LogP) is 5.82. The van der Waals surface area contributed by atoms with Gasteiger partial charge in [0, 0.05) is 33.8 Å². The molecule has 2 aromatic rings. The molecule has 0 atom stereocenters. The first-order valence-corrected chi connectivity index (χ1v) is 7.44. The lowest BCUT2D eigenvalue weighted by molar-refractivity contribution is 1.08. The van der Waals surface area contributed by atoms with E-state index in [1.54, 1.807) is 24.3 Å². The molecule has 0 heterocycles. The Hall–Kier alpha value is -0.800. The van der Waals surface area contributed by atoms with Gasteiger partial charge in [-0.3, -0.25) is 0 Å². The Kier molecular flexibility index (Phi) is 5.67. The SMILES string of the molecule is Clc1cc(Cl)cc(NCCNc2cc(Cl)ccc2Cl)c1. The average Bonchev–Trinajstić information content (AvgIpc) is 2.37. The molecule has 2 rings (SSSR count). The second-order valence-electron chi connectivity index (χ2n) is 4.14. The molecule has 0 aliphatic rings. The number of halogens is 4. The fourth-order valence-electron chi connectivity index (χ4n) is 1.69. The van der Waals surface area contributed by atoms with Crippen molar-refractivity contribution in [2.45, 2.75) is 0 Å². The molecule has 0 aliphatic carbocycles. The van der Waals surface area contributed by atoms with Crippen LogP contribution in [0.1, 0.15) is 0 Å². The van der Waals surface area contributed by atoms with E-state index in [0.29, 0.717) is 33.2 Å². The van der Waals surface area contributed by atoms with E-state index in [2.05, 4.69) is 10.6 Å². The summed E-state index contributed by atoms with van der Waals surface area (Å²) in [6.07, 6.45) is 0. The monoisotopic (exact) mass is 348 g/mol. The molecule has 2 nitrogen and oxygen atoms in total. The minimum atomic E-state index is 0.603. The van der Waals surface area contributed by atoms with Crippen LogP contribution in [0.15, 0.2) is 36.4 Å². The summed E-state index contributed by atoms with van der Waals surface area (Å²) < 4.78 is 0. The van der Waals surface area contributed by atoms with E-state index in [0.717, 1.165) is 11.4 Å². The van der Waals surface area contributed by atoms with Gasteiger partial charge in [-0.2, -0.15) is 0 Å². The van der Waals surface area contributed by atoms with Gasteiger partial charge in [-0.25, -0.2) is 0 Å². The molecule has 0 saturated heterocycles. The summed E-state index contributed by atoms with van der Waals surface area (Å²) >= 11 is 23.8. The number of hydrogen-bond donors (Lipinski definition) is 2. The Morgan fingerprint density at radius 1 is 0.700 bits per heavy atom. The van der Waals surface area contributed by atoms with Crippen molar-refractivity contribution in [3.8, 4) is 0 Å². The van der Waals surface area contributed by atoms with Crippen LogP contribution in [0.25, 0.3) is 0 Å². The van der Waals surface area contributed by atoms with Crippen molar-refractivity contribution in [1.29, 1.82) is 0 Å². The Morgan fingerprint density at radius 3 is 2.05 bits per heavy atom. The van der Waals surface area contributed by atoms with Crippen LogP contribution in [0.3, 0.4) is 0 Å². The standard InChI is InChI=1S/C14H12Cl4N2/c15-9-1-2-13(18)14(8-9)20-4-3-19-12-6-10(16)5-11(17)7-12/h1-2,5-8,19-20H,3-4H2. The van der Waals surface area contributed by atoms with E-state index in [1.807, 2.05) is 12.1 Å².